The predicted octanol–water partition coefficient (Wildman–Crippen LogP) is 3.79. The highest BCUT2D eigenvalue weighted by Crippen LogP contribution is 2.40. The first-order valence-corrected chi connectivity index (χ1v) is 14.1. The fourth-order valence-electron chi connectivity index (χ4n) is 4.99. The molecule has 5 heterocycles. The molecule has 2 aliphatic heterocycles. The summed E-state index contributed by atoms with van der Waals surface area (Å²) in [5.74, 6) is -0.812. The van der Waals surface area contributed by atoms with E-state index < -0.39 is 21.7 Å². The topological polar surface area (TPSA) is 113 Å². The van der Waals surface area contributed by atoms with Gasteiger partial charge in [0.05, 0.1) is 41.2 Å². The quantitative estimate of drug-likeness (QED) is 0.394. The van der Waals surface area contributed by atoms with Crippen LogP contribution in [0.3, 0.4) is 0 Å². The number of nitrogens with zero attached hydrogens (tertiary/aromatic N) is 6. The van der Waals surface area contributed by atoms with Gasteiger partial charge in [0, 0.05) is 73.1 Å². The summed E-state index contributed by atoms with van der Waals surface area (Å²) in [7, 11) is -3.60. The van der Waals surface area contributed by atoms with Crippen molar-refractivity contribution < 1.29 is 21.9 Å². The van der Waals surface area contributed by atoms with Crippen molar-refractivity contribution in [3.8, 4) is 11.1 Å². The lowest BCUT2D eigenvalue weighted by atomic mass is 10.1. The number of ether oxygens (including phenoxy) is 1. The summed E-state index contributed by atoms with van der Waals surface area (Å²) in [4.78, 5) is 19.4. The van der Waals surface area contributed by atoms with E-state index >= 15 is 4.39 Å². The lowest BCUT2D eigenvalue weighted by Crippen LogP contribution is -2.36. The van der Waals surface area contributed by atoms with Crippen LogP contribution < -0.4 is 14.5 Å². The van der Waals surface area contributed by atoms with Crippen molar-refractivity contribution in [3.05, 3.63) is 60.3 Å². The second kappa shape index (κ2) is 9.97. The lowest BCUT2D eigenvalue weighted by Gasteiger charge is -2.29. The van der Waals surface area contributed by atoms with Gasteiger partial charge in [-0.1, -0.05) is 0 Å². The highest BCUT2D eigenvalue weighted by molar-refractivity contribution is 7.93. The van der Waals surface area contributed by atoms with Crippen LogP contribution in [0.4, 0.5) is 31.8 Å². The van der Waals surface area contributed by atoms with E-state index in [0.29, 0.717) is 60.9 Å². The SMILES string of the molecule is Cc1c(N2CCCS2(=O)=O)nc2cc(F)cc(F)c2c1Nc1cc(N2CCOCC2)ncc1-c1cncnc1. The second-order valence-electron chi connectivity index (χ2n) is 9.40. The molecule has 0 atom stereocenters. The molecule has 1 N–H and O–H groups in total. The van der Waals surface area contributed by atoms with Gasteiger partial charge in [-0.15, -0.1) is 0 Å². The van der Waals surface area contributed by atoms with Gasteiger partial charge in [0.1, 0.15) is 29.6 Å². The maximum atomic E-state index is 15.3. The van der Waals surface area contributed by atoms with E-state index in [-0.39, 0.29) is 34.7 Å². The standard InChI is InChI=1S/C26H25F2N7O3S/c1-16-25(24-20(28)9-18(27)10-22(24)33-26(16)35-3-2-8-39(35,36)37)32-21-11-23(34-4-6-38-7-5-34)31-14-19(21)17-12-29-15-30-13-17/h9-15H,2-8H2,1H3,(H,31,32,33). The molecule has 0 unspecified atom stereocenters. The number of hydrogen-bond donors (Lipinski definition) is 1. The van der Waals surface area contributed by atoms with Crippen molar-refractivity contribution >= 4 is 43.9 Å². The molecule has 6 rings (SSSR count). The van der Waals surface area contributed by atoms with E-state index in [4.69, 9.17) is 4.74 Å². The Morgan fingerprint density at radius 2 is 1.79 bits per heavy atom. The van der Waals surface area contributed by atoms with Crippen LogP contribution in [0.15, 0.2) is 43.1 Å². The van der Waals surface area contributed by atoms with E-state index in [1.165, 1.54) is 10.6 Å². The average molecular weight is 554 g/mol. The van der Waals surface area contributed by atoms with Crippen LogP contribution in [0.1, 0.15) is 12.0 Å². The van der Waals surface area contributed by atoms with Crippen LogP contribution in [0.5, 0.6) is 0 Å². The molecule has 0 saturated carbocycles. The average Bonchev–Trinajstić information content (AvgIpc) is 3.29. The van der Waals surface area contributed by atoms with Crippen LogP contribution in [0.2, 0.25) is 0 Å². The minimum atomic E-state index is -3.60. The number of halogens is 2. The van der Waals surface area contributed by atoms with Gasteiger partial charge in [0.25, 0.3) is 0 Å². The first kappa shape index (κ1) is 25.3. The Kier molecular flexibility index (Phi) is 6.47. The number of morpholine rings is 1. The van der Waals surface area contributed by atoms with Crippen molar-refractivity contribution in [2.24, 2.45) is 0 Å². The van der Waals surface area contributed by atoms with Gasteiger partial charge < -0.3 is 15.0 Å². The zero-order valence-corrected chi connectivity index (χ0v) is 21.9. The third-order valence-corrected chi connectivity index (χ3v) is 8.74. The van der Waals surface area contributed by atoms with Gasteiger partial charge in [0.2, 0.25) is 10.0 Å². The number of hydrogen-bond acceptors (Lipinski definition) is 9. The monoisotopic (exact) mass is 553 g/mol. The first-order valence-electron chi connectivity index (χ1n) is 12.5. The molecule has 13 heteroatoms. The Bertz CT molecular complexity index is 1670. The molecule has 2 fully saturated rings. The van der Waals surface area contributed by atoms with Crippen LogP contribution >= 0.6 is 0 Å². The Balaban J connectivity index is 1.56. The van der Waals surface area contributed by atoms with Gasteiger partial charge in [-0.2, -0.15) is 0 Å². The molecule has 0 bridgehead atoms. The maximum absolute atomic E-state index is 15.3. The molecule has 3 aromatic heterocycles. The predicted molar refractivity (Wildman–Crippen MR) is 144 cm³/mol. The summed E-state index contributed by atoms with van der Waals surface area (Å²) < 4.78 is 61.9. The Morgan fingerprint density at radius 3 is 2.51 bits per heavy atom. The smallest absolute Gasteiger partial charge is 0.236 e. The van der Waals surface area contributed by atoms with Gasteiger partial charge >= 0.3 is 0 Å². The van der Waals surface area contributed by atoms with Crippen LogP contribution in [-0.2, 0) is 14.8 Å². The van der Waals surface area contributed by atoms with E-state index in [2.05, 4.69) is 30.2 Å². The molecule has 4 aromatic rings. The highest BCUT2D eigenvalue weighted by atomic mass is 32.2. The van der Waals surface area contributed by atoms with Crippen molar-refractivity contribution in [2.75, 3.05) is 53.1 Å². The molecule has 0 aliphatic carbocycles. The molecule has 0 spiro atoms. The molecular formula is C26H25F2N7O3S. The van der Waals surface area contributed by atoms with Gasteiger partial charge in [0.15, 0.2) is 0 Å². The fraction of sp³-hybridized carbons (Fsp3) is 0.308. The molecule has 1 aromatic carbocycles. The largest absolute Gasteiger partial charge is 0.378 e. The third kappa shape index (κ3) is 4.72. The lowest BCUT2D eigenvalue weighted by molar-refractivity contribution is 0.122. The number of nitrogens with one attached hydrogen (secondary N) is 1. The van der Waals surface area contributed by atoms with Crippen LogP contribution in [0.25, 0.3) is 22.0 Å². The number of pyridine rings is 2. The molecule has 0 amide bonds. The first-order chi connectivity index (χ1) is 18.8. The van der Waals surface area contributed by atoms with E-state index in [0.717, 1.165) is 12.1 Å². The second-order valence-corrected chi connectivity index (χ2v) is 11.4. The summed E-state index contributed by atoms with van der Waals surface area (Å²) >= 11 is 0. The van der Waals surface area contributed by atoms with Crippen molar-refractivity contribution in [1.29, 1.82) is 0 Å². The maximum Gasteiger partial charge on any atom is 0.236 e. The zero-order valence-electron chi connectivity index (χ0n) is 21.1. The third-order valence-electron chi connectivity index (χ3n) is 6.91. The Labute approximate surface area is 223 Å². The zero-order chi connectivity index (χ0) is 27.1. The normalized spacial score (nSPS) is 17.1. The minimum absolute atomic E-state index is 0.00440. The van der Waals surface area contributed by atoms with E-state index in [1.807, 2.05) is 6.07 Å². The molecule has 0 radical (unpaired) electrons. The number of aromatic nitrogens is 4. The van der Waals surface area contributed by atoms with Crippen molar-refractivity contribution in [2.45, 2.75) is 13.3 Å². The minimum Gasteiger partial charge on any atom is -0.378 e. The summed E-state index contributed by atoms with van der Waals surface area (Å²) in [6, 6.07) is 3.73. The molecular weight excluding hydrogens is 528 g/mol. The fourth-order valence-corrected chi connectivity index (χ4v) is 6.55. The number of rotatable bonds is 5. The highest BCUT2D eigenvalue weighted by Gasteiger charge is 2.32. The summed E-state index contributed by atoms with van der Waals surface area (Å²) in [6.45, 7) is 4.36. The number of sulfonamides is 1. The van der Waals surface area contributed by atoms with Gasteiger partial charge in [-0.3, -0.25) is 4.31 Å². The molecule has 2 saturated heterocycles. The van der Waals surface area contributed by atoms with Crippen molar-refractivity contribution in [3.63, 3.8) is 0 Å². The van der Waals surface area contributed by atoms with Gasteiger partial charge in [-0.25, -0.2) is 37.1 Å². The van der Waals surface area contributed by atoms with Crippen LogP contribution in [0, 0.1) is 18.6 Å². The van der Waals surface area contributed by atoms with E-state index in [9.17, 15) is 12.8 Å². The number of anilines is 4. The number of benzene rings is 1. The summed E-state index contributed by atoms with van der Waals surface area (Å²) in [5, 5.41) is 3.39. The Morgan fingerprint density at radius 1 is 1.03 bits per heavy atom. The molecule has 202 valence electrons. The van der Waals surface area contributed by atoms with E-state index in [1.54, 1.807) is 25.5 Å². The summed E-state index contributed by atoms with van der Waals surface area (Å²) in [6.07, 6.45) is 6.82. The number of fused-ring (bicyclic) bond motifs is 1. The van der Waals surface area contributed by atoms with Crippen molar-refractivity contribution in [1.82, 2.24) is 19.9 Å². The molecule has 2 aliphatic rings. The van der Waals surface area contributed by atoms with Crippen LogP contribution in [-0.4, -0.2) is 67.0 Å². The molecule has 39 heavy (non-hydrogen) atoms. The molecule has 10 nitrogen and oxygen atoms in total. The van der Waals surface area contributed by atoms with Gasteiger partial charge in [-0.05, 0) is 13.3 Å². The Hall–Kier alpha value is -3.97. The summed E-state index contributed by atoms with van der Waals surface area (Å²) in [5.41, 5.74) is 2.59.